The first-order valence-corrected chi connectivity index (χ1v) is 4.88. The van der Waals surface area contributed by atoms with Crippen LogP contribution in [0.15, 0.2) is 18.2 Å². The fraction of sp³-hybridized carbons (Fsp3) is 0.455. The van der Waals surface area contributed by atoms with Crippen molar-refractivity contribution in [2.45, 2.75) is 32.8 Å². The van der Waals surface area contributed by atoms with Gasteiger partial charge in [0.1, 0.15) is 5.75 Å². The van der Waals surface area contributed by atoms with Gasteiger partial charge in [0.25, 0.3) is 6.43 Å². The summed E-state index contributed by atoms with van der Waals surface area (Å²) in [7, 11) is 0. The van der Waals surface area contributed by atoms with Gasteiger partial charge in [0, 0.05) is 5.69 Å². The molecule has 1 rings (SSSR count). The highest BCUT2D eigenvalue weighted by Crippen LogP contribution is 2.31. The van der Waals surface area contributed by atoms with Gasteiger partial charge in [-0.2, -0.15) is 0 Å². The number of anilines is 1. The average Bonchev–Trinajstić information content (AvgIpc) is 2.20. The van der Waals surface area contributed by atoms with Gasteiger partial charge in [-0.05, 0) is 31.5 Å². The molecule has 0 aliphatic carbocycles. The van der Waals surface area contributed by atoms with Gasteiger partial charge in [-0.1, -0.05) is 6.92 Å². The van der Waals surface area contributed by atoms with Crippen molar-refractivity contribution < 1.29 is 13.5 Å². The molecule has 1 unspecified atom stereocenters. The third-order valence-corrected chi connectivity index (χ3v) is 2.17. The van der Waals surface area contributed by atoms with E-state index in [2.05, 4.69) is 0 Å². The quantitative estimate of drug-likeness (QED) is 0.781. The van der Waals surface area contributed by atoms with Crippen LogP contribution in [0.5, 0.6) is 5.75 Å². The van der Waals surface area contributed by atoms with Crippen molar-refractivity contribution >= 4 is 5.69 Å². The van der Waals surface area contributed by atoms with Gasteiger partial charge in [-0.15, -0.1) is 0 Å². The molecule has 2 nitrogen and oxygen atoms in total. The molecule has 0 amide bonds. The molecule has 0 aliphatic rings. The number of nitrogen functional groups attached to an aromatic ring is 1. The number of hydrogen-bond acceptors (Lipinski definition) is 2. The van der Waals surface area contributed by atoms with E-state index in [1.807, 2.05) is 13.8 Å². The van der Waals surface area contributed by atoms with Gasteiger partial charge < -0.3 is 10.5 Å². The van der Waals surface area contributed by atoms with E-state index in [0.717, 1.165) is 6.42 Å². The van der Waals surface area contributed by atoms with Gasteiger partial charge in [0.2, 0.25) is 0 Å². The second-order valence-corrected chi connectivity index (χ2v) is 3.43. The monoisotopic (exact) mass is 215 g/mol. The van der Waals surface area contributed by atoms with Crippen LogP contribution in [0.25, 0.3) is 0 Å². The SMILES string of the molecule is CCC(C)Oc1ccc(N)cc1C(F)F. The number of benzene rings is 1. The lowest BCUT2D eigenvalue weighted by atomic mass is 10.2. The molecular weight excluding hydrogens is 200 g/mol. The Morgan fingerprint density at radius 3 is 2.60 bits per heavy atom. The van der Waals surface area contributed by atoms with Crippen molar-refractivity contribution in [1.82, 2.24) is 0 Å². The summed E-state index contributed by atoms with van der Waals surface area (Å²) in [6.07, 6.45) is -1.87. The predicted octanol–water partition coefficient (Wildman–Crippen LogP) is 3.38. The first-order valence-electron chi connectivity index (χ1n) is 4.88. The van der Waals surface area contributed by atoms with Gasteiger partial charge in [0.05, 0.1) is 11.7 Å². The van der Waals surface area contributed by atoms with Crippen molar-refractivity contribution in [3.05, 3.63) is 23.8 Å². The van der Waals surface area contributed by atoms with Crippen LogP contribution in [0.4, 0.5) is 14.5 Å². The maximum atomic E-state index is 12.6. The molecule has 2 N–H and O–H groups in total. The lowest BCUT2D eigenvalue weighted by molar-refractivity contribution is 0.139. The van der Waals surface area contributed by atoms with Crippen LogP contribution in [0, 0.1) is 0 Å². The summed E-state index contributed by atoms with van der Waals surface area (Å²) in [6.45, 7) is 3.77. The maximum Gasteiger partial charge on any atom is 0.267 e. The van der Waals surface area contributed by atoms with Gasteiger partial charge >= 0.3 is 0 Å². The molecule has 0 heterocycles. The zero-order chi connectivity index (χ0) is 11.4. The number of halogens is 2. The smallest absolute Gasteiger partial charge is 0.267 e. The first kappa shape index (κ1) is 11.8. The van der Waals surface area contributed by atoms with Crippen LogP contribution in [-0.4, -0.2) is 6.10 Å². The van der Waals surface area contributed by atoms with E-state index < -0.39 is 6.43 Å². The van der Waals surface area contributed by atoms with Crippen LogP contribution in [0.1, 0.15) is 32.3 Å². The standard InChI is InChI=1S/C11H15F2NO/c1-3-7(2)15-10-5-4-8(14)6-9(10)11(12)13/h4-7,11H,3,14H2,1-2H3. The zero-order valence-corrected chi connectivity index (χ0v) is 8.84. The molecule has 1 aromatic carbocycles. The average molecular weight is 215 g/mol. The van der Waals surface area contributed by atoms with Crippen molar-refractivity contribution in [3.8, 4) is 5.75 Å². The van der Waals surface area contributed by atoms with E-state index in [1.54, 1.807) is 6.07 Å². The molecule has 0 bridgehead atoms. The molecular formula is C11H15F2NO. The Balaban J connectivity index is 2.95. The van der Waals surface area contributed by atoms with Crippen LogP contribution in [0.2, 0.25) is 0 Å². The number of rotatable bonds is 4. The molecule has 0 fully saturated rings. The Morgan fingerprint density at radius 1 is 1.40 bits per heavy atom. The molecule has 0 radical (unpaired) electrons. The largest absolute Gasteiger partial charge is 0.490 e. The van der Waals surface area contributed by atoms with Crippen LogP contribution in [0.3, 0.4) is 0 Å². The second-order valence-electron chi connectivity index (χ2n) is 3.43. The molecule has 84 valence electrons. The highest BCUT2D eigenvalue weighted by molar-refractivity contribution is 5.48. The third kappa shape index (κ3) is 3.08. The van der Waals surface area contributed by atoms with E-state index in [4.69, 9.17) is 10.5 Å². The Morgan fingerprint density at radius 2 is 2.07 bits per heavy atom. The molecule has 0 aliphatic heterocycles. The minimum absolute atomic E-state index is 0.0777. The molecule has 4 heteroatoms. The minimum atomic E-state index is -2.56. The van der Waals surface area contributed by atoms with Crippen LogP contribution < -0.4 is 10.5 Å². The van der Waals surface area contributed by atoms with Crippen molar-refractivity contribution in [3.63, 3.8) is 0 Å². The van der Waals surface area contributed by atoms with Crippen molar-refractivity contribution in [2.75, 3.05) is 5.73 Å². The van der Waals surface area contributed by atoms with E-state index in [-0.39, 0.29) is 17.4 Å². The van der Waals surface area contributed by atoms with E-state index in [1.165, 1.54) is 12.1 Å². The highest BCUT2D eigenvalue weighted by atomic mass is 19.3. The lowest BCUT2D eigenvalue weighted by Crippen LogP contribution is -2.11. The summed E-state index contributed by atoms with van der Waals surface area (Å²) >= 11 is 0. The Hall–Kier alpha value is -1.32. The second kappa shape index (κ2) is 4.96. The molecule has 0 aromatic heterocycles. The maximum absolute atomic E-state index is 12.6. The molecule has 0 saturated heterocycles. The summed E-state index contributed by atoms with van der Waals surface area (Å²) in [6, 6.07) is 4.30. The van der Waals surface area contributed by atoms with Gasteiger partial charge in [-0.3, -0.25) is 0 Å². The Kier molecular flexibility index (Phi) is 3.88. The lowest BCUT2D eigenvalue weighted by Gasteiger charge is -2.16. The Labute approximate surface area is 88.0 Å². The zero-order valence-electron chi connectivity index (χ0n) is 8.84. The van der Waals surface area contributed by atoms with Crippen LogP contribution >= 0.6 is 0 Å². The fourth-order valence-corrected chi connectivity index (χ4v) is 1.14. The number of alkyl halides is 2. The third-order valence-electron chi connectivity index (χ3n) is 2.17. The van der Waals surface area contributed by atoms with Crippen LogP contribution in [-0.2, 0) is 0 Å². The van der Waals surface area contributed by atoms with E-state index in [0.29, 0.717) is 5.69 Å². The molecule has 1 aromatic rings. The van der Waals surface area contributed by atoms with Gasteiger partial charge in [0.15, 0.2) is 0 Å². The van der Waals surface area contributed by atoms with E-state index >= 15 is 0 Å². The molecule has 0 spiro atoms. The molecule has 1 atom stereocenters. The summed E-state index contributed by atoms with van der Waals surface area (Å²) in [5.41, 5.74) is 5.62. The summed E-state index contributed by atoms with van der Waals surface area (Å²) < 4.78 is 30.6. The molecule has 15 heavy (non-hydrogen) atoms. The van der Waals surface area contributed by atoms with Crippen molar-refractivity contribution in [1.29, 1.82) is 0 Å². The number of nitrogens with two attached hydrogens (primary N) is 1. The molecule has 0 saturated carbocycles. The van der Waals surface area contributed by atoms with Crippen molar-refractivity contribution in [2.24, 2.45) is 0 Å². The predicted molar refractivity (Wildman–Crippen MR) is 56.2 cm³/mol. The topological polar surface area (TPSA) is 35.2 Å². The normalized spacial score (nSPS) is 12.9. The van der Waals surface area contributed by atoms with Gasteiger partial charge in [-0.25, -0.2) is 8.78 Å². The Bertz CT molecular complexity index is 328. The summed E-state index contributed by atoms with van der Waals surface area (Å²) in [5, 5.41) is 0. The highest BCUT2D eigenvalue weighted by Gasteiger charge is 2.15. The number of ether oxygens (including phenoxy) is 1. The number of hydrogen-bond donors (Lipinski definition) is 1. The summed E-state index contributed by atoms with van der Waals surface area (Å²) in [5.74, 6) is 0.216. The first-order chi connectivity index (χ1) is 7.04. The summed E-state index contributed by atoms with van der Waals surface area (Å²) in [4.78, 5) is 0. The fourth-order valence-electron chi connectivity index (χ4n) is 1.14. The minimum Gasteiger partial charge on any atom is -0.490 e. The van der Waals surface area contributed by atoms with E-state index in [9.17, 15) is 8.78 Å².